The Bertz CT molecular complexity index is 1380. The summed E-state index contributed by atoms with van der Waals surface area (Å²) >= 11 is 0. The van der Waals surface area contributed by atoms with Gasteiger partial charge in [-0.25, -0.2) is 0 Å². The van der Waals surface area contributed by atoms with E-state index in [1.54, 1.807) is 18.0 Å². The first-order valence-electron chi connectivity index (χ1n) is 12.6. The predicted octanol–water partition coefficient (Wildman–Crippen LogP) is 5.53. The summed E-state index contributed by atoms with van der Waals surface area (Å²) in [6.07, 6.45) is 2.54. The van der Waals surface area contributed by atoms with Crippen LogP contribution in [0.1, 0.15) is 52.4 Å². The van der Waals surface area contributed by atoms with E-state index in [9.17, 15) is 4.79 Å². The quantitative estimate of drug-likeness (QED) is 0.317. The molecule has 0 bridgehead atoms. The summed E-state index contributed by atoms with van der Waals surface area (Å²) in [7, 11) is 1.54. The Morgan fingerprint density at radius 1 is 1.08 bits per heavy atom. The Morgan fingerprint density at radius 2 is 1.78 bits per heavy atom. The largest absolute Gasteiger partial charge is 0.493 e. The molecule has 0 unspecified atom stereocenters. The van der Waals surface area contributed by atoms with E-state index in [0.717, 1.165) is 45.6 Å². The second-order valence-electron chi connectivity index (χ2n) is 9.72. The van der Waals surface area contributed by atoms with E-state index in [1.165, 1.54) is 0 Å². The fourth-order valence-corrected chi connectivity index (χ4v) is 4.50. The van der Waals surface area contributed by atoms with Gasteiger partial charge in [-0.15, -0.1) is 0 Å². The molecule has 0 aliphatic carbocycles. The van der Waals surface area contributed by atoms with Gasteiger partial charge in [0.1, 0.15) is 0 Å². The first-order chi connectivity index (χ1) is 17.8. The van der Waals surface area contributed by atoms with Gasteiger partial charge in [0.05, 0.1) is 31.2 Å². The maximum Gasteiger partial charge on any atom is 0.280 e. The molecule has 2 aromatic heterocycles. The molecule has 0 saturated heterocycles. The molecule has 0 radical (unpaired) electrons. The van der Waals surface area contributed by atoms with Crippen molar-refractivity contribution in [3.63, 3.8) is 0 Å². The summed E-state index contributed by atoms with van der Waals surface area (Å²) in [4.78, 5) is 18.5. The van der Waals surface area contributed by atoms with Crippen LogP contribution in [0.3, 0.4) is 0 Å². The molecule has 2 heterocycles. The van der Waals surface area contributed by atoms with Crippen LogP contribution in [0.15, 0.2) is 60.8 Å². The van der Waals surface area contributed by atoms with Crippen LogP contribution in [-0.2, 0) is 19.5 Å². The van der Waals surface area contributed by atoms with Crippen molar-refractivity contribution >= 4 is 11.6 Å². The summed E-state index contributed by atoms with van der Waals surface area (Å²) in [5.74, 6) is 0.467. The van der Waals surface area contributed by atoms with E-state index in [-0.39, 0.29) is 11.6 Å². The van der Waals surface area contributed by atoms with Gasteiger partial charge in [-0.2, -0.15) is 5.10 Å². The Kier molecular flexibility index (Phi) is 8.04. The number of nitrogens with two attached hydrogens (primary N) is 1. The average molecular weight is 498 g/mol. The fraction of sp³-hybridized carbons (Fsp3) is 0.300. The van der Waals surface area contributed by atoms with Crippen LogP contribution in [0.25, 0.3) is 11.1 Å². The van der Waals surface area contributed by atoms with Crippen LogP contribution in [0.4, 0.5) is 5.69 Å². The van der Waals surface area contributed by atoms with E-state index >= 15 is 0 Å². The molecule has 2 aromatic carbocycles. The Morgan fingerprint density at radius 3 is 2.41 bits per heavy atom. The molecule has 4 aromatic rings. The third-order valence-electron chi connectivity index (χ3n) is 6.30. The van der Waals surface area contributed by atoms with Crippen LogP contribution in [0.5, 0.6) is 5.75 Å². The molecule has 0 aliphatic rings. The second-order valence-corrected chi connectivity index (χ2v) is 9.72. The van der Waals surface area contributed by atoms with Gasteiger partial charge in [-0.1, -0.05) is 74.0 Å². The molecule has 0 aliphatic heterocycles. The fourth-order valence-electron chi connectivity index (χ4n) is 4.50. The normalized spacial score (nSPS) is 11.1. The predicted molar refractivity (Wildman–Crippen MR) is 148 cm³/mol. The Labute approximate surface area is 218 Å². The lowest BCUT2D eigenvalue weighted by Gasteiger charge is -2.21. The minimum atomic E-state index is -0.360. The standard InChI is InChI=1S/C30H35N5O2/c1-19(2)15-25-24(16-31)27(23-13-11-20(3)12-14-23)28(21(4)32-25)33-30(36)29-26(37-5)18-35(34-29)17-22-9-7-6-8-10-22/h6-14,18-19H,15-17,31H2,1-5H3,(H,33,36). The van der Waals surface area contributed by atoms with Gasteiger partial charge < -0.3 is 15.8 Å². The number of aromatic nitrogens is 3. The zero-order chi connectivity index (χ0) is 26.5. The topological polar surface area (TPSA) is 95.1 Å². The Balaban J connectivity index is 1.76. The maximum atomic E-state index is 13.6. The molecule has 7 nitrogen and oxygen atoms in total. The summed E-state index contributed by atoms with van der Waals surface area (Å²) in [5.41, 5.74) is 13.9. The lowest BCUT2D eigenvalue weighted by molar-refractivity contribution is 0.101. The first-order valence-corrected chi connectivity index (χ1v) is 12.6. The number of nitrogens with zero attached hydrogens (tertiary/aromatic N) is 3. The minimum Gasteiger partial charge on any atom is -0.493 e. The lowest BCUT2D eigenvalue weighted by Crippen LogP contribution is -2.19. The molecule has 1 amide bonds. The lowest BCUT2D eigenvalue weighted by atomic mass is 9.92. The molecular formula is C30H35N5O2. The van der Waals surface area contributed by atoms with Crippen LogP contribution in [0.2, 0.25) is 0 Å². The molecule has 192 valence electrons. The van der Waals surface area contributed by atoms with Gasteiger partial charge in [-0.05, 0) is 42.9 Å². The third kappa shape index (κ3) is 5.89. The number of anilines is 1. The van der Waals surface area contributed by atoms with Crippen LogP contribution >= 0.6 is 0 Å². The molecule has 0 fully saturated rings. The van der Waals surface area contributed by atoms with Crippen molar-refractivity contribution in [2.45, 2.75) is 47.2 Å². The summed E-state index contributed by atoms with van der Waals surface area (Å²) in [5, 5.41) is 7.65. The number of carbonyl (C=O) groups excluding carboxylic acids is 1. The smallest absolute Gasteiger partial charge is 0.280 e. The highest BCUT2D eigenvalue weighted by Crippen LogP contribution is 2.36. The van der Waals surface area contributed by atoms with E-state index < -0.39 is 0 Å². The molecular weight excluding hydrogens is 462 g/mol. The summed E-state index contributed by atoms with van der Waals surface area (Å²) in [6, 6.07) is 18.2. The van der Waals surface area contributed by atoms with Gasteiger partial charge in [0.2, 0.25) is 0 Å². The molecule has 0 spiro atoms. The molecule has 0 atom stereocenters. The van der Waals surface area contributed by atoms with Crippen molar-refractivity contribution < 1.29 is 9.53 Å². The summed E-state index contributed by atoms with van der Waals surface area (Å²) < 4.78 is 7.22. The highest BCUT2D eigenvalue weighted by Gasteiger charge is 2.24. The number of rotatable bonds is 9. The van der Waals surface area contributed by atoms with Crippen LogP contribution < -0.4 is 15.8 Å². The minimum absolute atomic E-state index is 0.216. The highest BCUT2D eigenvalue weighted by atomic mass is 16.5. The van der Waals surface area contributed by atoms with Crippen molar-refractivity contribution in [2.75, 3.05) is 12.4 Å². The number of methoxy groups -OCH3 is 1. The Hall–Kier alpha value is -3.97. The monoisotopic (exact) mass is 497 g/mol. The zero-order valence-corrected chi connectivity index (χ0v) is 22.2. The van der Waals surface area contributed by atoms with E-state index in [2.05, 4.69) is 55.5 Å². The van der Waals surface area contributed by atoms with Gasteiger partial charge in [0, 0.05) is 17.8 Å². The number of hydrogen-bond donors (Lipinski definition) is 2. The number of nitrogens with one attached hydrogen (secondary N) is 1. The van der Waals surface area contributed by atoms with Gasteiger partial charge in [0.25, 0.3) is 5.91 Å². The molecule has 7 heteroatoms. The number of ether oxygens (including phenoxy) is 1. The highest BCUT2D eigenvalue weighted by molar-refractivity contribution is 6.07. The van der Waals surface area contributed by atoms with Gasteiger partial charge >= 0.3 is 0 Å². The number of amides is 1. The SMILES string of the molecule is COc1cn(Cc2ccccc2)nc1C(=O)Nc1c(C)nc(CC(C)C)c(CN)c1-c1ccc(C)cc1. The molecule has 3 N–H and O–H groups in total. The van der Waals surface area contributed by atoms with Crippen molar-refractivity contribution in [3.05, 3.63) is 94.6 Å². The van der Waals surface area contributed by atoms with Gasteiger partial charge in [-0.3, -0.25) is 14.5 Å². The first kappa shape index (κ1) is 26.1. The van der Waals surface area contributed by atoms with E-state index in [4.69, 9.17) is 15.5 Å². The number of hydrogen-bond acceptors (Lipinski definition) is 5. The van der Waals surface area contributed by atoms with Crippen molar-refractivity contribution in [1.29, 1.82) is 0 Å². The van der Waals surface area contributed by atoms with Crippen molar-refractivity contribution in [3.8, 4) is 16.9 Å². The number of carbonyl (C=O) groups is 1. The second kappa shape index (κ2) is 11.4. The molecule has 0 saturated carbocycles. The third-order valence-corrected chi connectivity index (χ3v) is 6.30. The van der Waals surface area contributed by atoms with Crippen molar-refractivity contribution in [1.82, 2.24) is 14.8 Å². The van der Waals surface area contributed by atoms with Crippen molar-refractivity contribution in [2.24, 2.45) is 11.7 Å². The average Bonchev–Trinajstić information content (AvgIpc) is 3.29. The van der Waals surface area contributed by atoms with Crippen LogP contribution in [-0.4, -0.2) is 27.8 Å². The molecule has 4 rings (SSSR count). The number of benzene rings is 2. The number of pyridine rings is 1. The van der Waals surface area contributed by atoms with Gasteiger partial charge in [0.15, 0.2) is 11.4 Å². The summed E-state index contributed by atoms with van der Waals surface area (Å²) in [6.45, 7) is 9.14. The van der Waals surface area contributed by atoms with E-state index in [1.807, 2.05) is 37.3 Å². The van der Waals surface area contributed by atoms with Crippen LogP contribution in [0, 0.1) is 19.8 Å². The molecule has 37 heavy (non-hydrogen) atoms. The maximum absolute atomic E-state index is 13.6. The number of aryl methyl sites for hydroxylation is 2. The van der Waals surface area contributed by atoms with E-state index in [0.29, 0.717) is 30.4 Å². The zero-order valence-electron chi connectivity index (χ0n) is 22.2.